The fourth-order valence-electron chi connectivity index (χ4n) is 4.16. The number of piperidine rings is 1. The number of hydrogen-bond donors (Lipinski definition) is 0. The molecule has 0 aromatic heterocycles. The lowest BCUT2D eigenvalue weighted by Crippen LogP contribution is -2.52. The Labute approximate surface area is 129 Å². The summed E-state index contributed by atoms with van der Waals surface area (Å²) in [6.07, 6.45) is 10.6. The maximum absolute atomic E-state index is 2.67. The first-order valence-electron chi connectivity index (χ1n) is 8.26. The van der Waals surface area contributed by atoms with Crippen molar-refractivity contribution >= 4 is 0 Å². The highest BCUT2D eigenvalue weighted by Gasteiger charge is 2.40. The third kappa shape index (κ3) is 2.92. The van der Waals surface area contributed by atoms with Crippen molar-refractivity contribution in [2.75, 3.05) is 6.54 Å². The smallest absolute Gasteiger partial charge is 0.0346 e. The van der Waals surface area contributed by atoms with Crippen LogP contribution in [0.3, 0.4) is 0 Å². The van der Waals surface area contributed by atoms with E-state index in [4.69, 9.17) is 0 Å². The van der Waals surface area contributed by atoms with Crippen LogP contribution in [0, 0.1) is 11.8 Å². The van der Waals surface area contributed by atoms with Gasteiger partial charge in [0, 0.05) is 23.7 Å². The Morgan fingerprint density at radius 2 is 1.95 bits per heavy atom. The minimum atomic E-state index is 0.266. The summed E-state index contributed by atoms with van der Waals surface area (Å²) in [5, 5.41) is 0. The molecule has 1 aliphatic heterocycles. The third-order valence-corrected chi connectivity index (χ3v) is 5.19. The van der Waals surface area contributed by atoms with Gasteiger partial charge < -0.3 is 4.90 Å². The Morgan fingerprint density at radius 1 is 1.19 bits per heavy atom. The Morgan fingerprint density at radius 3 is 2.71 bits per heavy atom. The van der Waals surface area contributed by atoms with E-state index in [1.54, 1.807) is 5.70 Å². The molecule has 1 aromatic rings. The van der Waals surface area contributed by atoms with Gasteiger partial charge in [0.2, 0.25) is 0 Å². The van der Waals surface area contributed by atoms with Crippen molar-refractivity contribution in [2.45, 2.75) is 45.6 Å². The molecule has 2 atom stereocenters. The van der Waals surface area contributed by atoms with Crippen LogP contribution in [-0.4, -0.2) is 17.0 Å². The average molecular weight is 281 g/mol. The van der Waals surface area contributed by atoms with Crippen LogP contribution >= 0.6 is 0 Å². The zero-order chi connectivity index (χ0) is 14.9. The van der Waals surface area contributed by atoms with Crippen LogP contribution in [0.2, 0.25) is 0 Å². The number of fused-ring (bicyclic) bond motifs is 1. The fourth-order valence-corrected chi connectivity index (χ4v) is 4.16. The quantitative estimate of drug-likeness (QED) is 0.768. The van der Waals surface area contributed by atoms with Crippen LogP contribution in [0.4, 0.5) is 0 Å². The van der Waals surface area contributed by atoms with Crippen LogP contribution < -0.4 is 0 Å². The van der Waals surface area contributed by atoms with Gasteiger partial charge in [0.25, 0.3) is 0 Å². The standard InChI is InChI=1S/C20H27N/c1-16-15-20(2,3)21(19-12-8-7-11-18(16)19)14-13-17-9-5-4-6-10-17/h4-10,12,16,18H,11,13-15H2,1-3H3. The molecule has 21 heavy (non-hydrogen) atoms. The summed E-state index contributed by atoms with van der Waals surface area (Å²) >= 11 is 0. The monoisotopic (exact) mass is 281 g/mol. The van der Waals surface area contributed by atoms with Gasteiger partial charge in [0.05, 0.1) is 0 Å². The number of benzene rings is 1. The van der Waals surface area contributed by atoms with Crippen LogP contribution in [0.15, 0.2) is 54.3 Å². The van der Waals surface area contributed by atoms with E-state index in [2.05, 4.69) is 74.2 Å². The molecule has 2 aliphatic rings. The predicted molar refractivity (Wildman–Crippen MR) is 90.0 cm³/mol. The first-order valence-corrected chi connectivity index (χ1v) is 8.26. The van der Waals surface area contributed by atoms with Gasteiger partial charge in [-0.05, 0) is 50.7 Å². The molecule has 3 rings (SSSR count). The molecule has 1 heterocycles. The van der Waals surface area contributed by atoms with Crippen molar-refractivity contribution in [2.24, 2.45) is 11.8 Å². The van der Waals surface area contributed by atoms with E-state index in [9.17, 15) is 0 Å². The summed E-state index contributed by atoms with van der Waals surface area (Å²) < 4.78 is 0. The molecule has 1 aromatic carbocycles. The number of likely N-dealkylation sites (tertiary alicyclic amines) is 1. The molecule has 0 radical (unpaired) electrons. The minimum Gasteiger partial charge on any atom is -0.369 e. The van der Waals surface area contributed by atoms with Gasteiger partial charge in [0.15, 0.2) is 0 Å². The van der Waals surface area contributed by atoms with Crippen molar-refractivity contribution < 1.29 is 0 Å². The number of hydrogen-bond acceptors (Lipinski definition) is 1. The van der Waals surface area contributed by atoms with Crippen LogP contribution in [0.5, 0.6) is 0 Å². The normalized spacial score (nSPS) is 27.2. The number of allylic oxidation sites excluding steroid dienone is 4. The predicted octanol–water partition coefficient (Wildman–Crippen LogP) is 4.81. The molecule has 0 saturated carbocycles. The minimum absolute atomic E-state index is 0.266. The molecule has 1 aliphatic carbocycles. The summed E-state index contributed by atoms with van der Waals surface area (Å²) in [5.74, 6) is 1.50. The Bertz CT molecular complexity index is 538. The first kappa shape index (κ1) is 14.4. The lowest BCUT2D eigenvalue weighted by molar-refractivity contribution is 0.0602. The van der Waals surface area contributed by atoms with E-state index in [1.807, 2.05) is 0 Å². The molecule has 1 nitrogen and oxygen atoms in total. The van der Waals surface area contributed by atoms with Crippen molar-refractivity contribution in [3.05, 3.63) is 59.8 Å². The van der Waals surface area contributed by atoms with Crippen molar-refractivity contribution in [3.8, 4) is 0 Å². The van der Waals surface area contributed by atoms with Gasteiger partial charge in [0.1, 0.15) is 0 Å². The highest BCUT2D eigenvalue weighted by atomic mass is 15.2. The van der Waals surface area contributed by atoms with Crippen LogP contribution in [0.25, 0.3) is 0 Å². The van der Waals surface area contributed by atoms with Crippen LogP contribution in [0.1, 0.15) is 39.2 Å². The summed E-state index contributed by atoms with van der Waals surface area (Å²) in [5.41, 5.74) is 3.27. The molecule has 1 heteroatoms. The van der Waals surface area contributed by atoms with E-state index in [0.717, 1.165) is 24.8 Å². The third-order valence-electron chi connectivity index (χ3n) is 5.19. The summed E-state index contributed by atoms with van der Waals surface area (Å²) in [6, 6.07) is 10.9. The van der Waals surface area contributed by atoms with E-state index in [1.165, 1.54) is 18.4 Å². The number of nitrogens with zero attached hydrogens (tertiary/aromatic N) is 1. The first-order chi connectivity index (χ1) is 10.1. The van der Waals surface area contributed by atoms with Crippen molar-refractivity contribution in [1.29, 1.82) is 0 Å². The Hall–Kier alpha value is -1.50. The lowest BCUT2D eigenvalue weighted by Gasteiger charge is -2.52. The largest absolute Gasteiger partial charge is 0.369 e. The van der Waals surface area contributed by atoms with Gasteiger partial charge in [-0.25, -0.2) is 0 Å². The van der Waals surface area contributed by atoms with E-state index in [0.29, 0.717) is 0 Å². The molecule has 0 amide bonds. The van der Waals surface area contributed by atoms with Gasteiger partial charge in [-0.15, -0.1) is 0 Å². The van der Waals surface area contributed by atoms with E-state index >= 15 is 0 Å². The molecule has 0 spiro atoms. The summed E-state index contributed by atoms with van der Waals surface area (Å²) in [4.78, 5) is 2.67. The van der Waals surface area contributed by atoms with Crippen LogP contribution in [-0.2, 0) is 6.42 Å². The molecule has 1 saturated heterocycles. The molecular weight excluding hydrogens is 254 g/mol. The molecule has 1 fully saturated rings. The zero-order valence-corrected chi connectivity index (χ0v) is 13.5. The Balaban J connectivity index is 1.80. The fraction of sp³-hybridized carbons (Fsp3) is 0.500. The second kappa shape index (κ2) is 5.71. The lowest BCUT2D eigenvalue weighted by atomic mass is 9.72. The maximum atomic E-state index is 2.67. The van der Waals surface area contributed by atoms with Crippen molar-refractivity contribution in [1.82, 2.24) is 4.90 Å². The molecule has 0 bridgehead atoms. The highest BCUT2D eigenvalue weighted by molar-refractivity contribution is 5.25. The van der Waals surface area contributed by atoms with Gasteiger partial charge >= 0.3 is 0 Å². The Kier molecular flexibility index (Phi) is 3.93. The van der Waals surface area contributed by atoms with Crippen molar-refractivity contribution in [3.63, 3.8) is 0 Å². The van der Waals surface area contributed by atoms with E-state index < -0.39 is 0 Å². The highest BCUT2D eigenvalue weighted by Crippen LogP contribution is 2.44. The molecule has 112 valence electrons. The molecule has 0 N–H and O–H groups in total. The second-order valence-corrected chi connectivity index (χ2v) is 7.24. The molecule has 2 unspecified atom stereocenters. The summed E-state index contributed by atoms with van der Waals surface area (Å²) in [6.45, 7) is 8.36. The average Bonchev–Trinajstić information content (AvgIpc) is 2.47. The summed E-state index contributed by atoms with van der Waals surface area (Å²) in [7, 11) is 0. The van der Waals surface area contributed by atoms with Gasteiger partial charge in [-0.2, -0.15) is 0 Å². The number of rotatable bonds is 3. The maximum Gasteiger partial charge on any atom is 0.0346 e. The second-order valence-electron chi connectivity index (χ2n) is 7.24. The topological polar surface area (TPSA) is 3.24 Å². The zero-order valence-electron chi connectivity index (χ0n) is 13.5. The van der Waals surface area contributed by atoms with Gasteiger partial charge in [-0.1, -0.05) is 49.4 Å². The van der Waals surface area contributed by atoms with Gasteiger partial charge in [-0.3, -0.25) is 0 Å². The van der Waals surface area contributed by atoms with E-state index in [-0.39, 0.29) is 5.54 Å². The SMILES string of the molecule is CC1CC(C)(C)N(CCc2ccccc2)C2=CC=CCC21. The molecular formula is C20H27N.